The molecule has 0 saturated carbocycles. The van der Waals surface area contributed by atoms with Gasteiger partial charge in [0.1, 0.15) is 0 Å². The minimum Gasteiger partial charge on any atom is -0.319 e. The van der Waals surface area contributed by atoms with Crippen molar-refractivity contribution in [2.24, 2.45) is 5.73 Å². The van der Waals surface area contributed by atoms with Crippen LogP contribution in [0.1, 0.15) is 11.1 Å². The molecule has 64 valence electrons. The average molecular weight is 162 g/mol. The van der Waals surface area contributed by atoms with Crippen molar-refractivity contribution in [1.82, 2.24) is 5.32 Å². The van der Waals surface area contributed by atoms with Gasteiger partial charge in [-0.15, -0.1) is 0 Å². The summed E-state index contributed by atoms with van der Waals surface area (Å²) in [5.74, 6) is 0. The Balaban J connectivity index is 2.39. The average Bonchev–Trinajstić information content (AvgIpc) is 2.01. The zero-order valence-electron chi connectivity index (χ0n) is 7.30. The summed E-state index contributed by atoms with van der Waals surface area (Å²) in [6, 6.07) is 8.34. The van der Waals surface area contributed by atoms with Crippen LogP contribution in [0.2, 0.25) is 0 Å². The number of hydrogen-bond donors (Lipinski definition) is 2. The number of nitrogens with one attached hydrogen (secondary N) is 1. The van der Waals surface area contributed by atoms with E-state index >= 15 is 0 Å². The molecule has 0 unspecified atom stereocenters. The SMILES string of the molecule is Cc1ccccc1C1(N)CNC1. The summed E-state index contributed by atoms with van der Waals surface area (Å²) >= 11 is 0. The molecule has 2 nitrogen and oxygen atoms in total. The Morgan fingerprint density at radius 3 is 2.50 bits per heavy atom. The second kappa shape index (κ2) is 2.57. The summed E-state index contributed by atoms with van der Waals surface area (Å²) in [5.41, 5.74) is 8.63. The number of aryl methyl sites for hydroxylation is 1. The second-order valence-electron chi connectivity index (χ2n) is 3.57. The Morgan fingerprint density at radius 2 is 2.00 bits per heavy atom. The number of benzene rings is 1. The maximum atomic E-state index is 6.16. The van der Waals surface area contributed by atoms with Crippen LogP contribution in [0.25, 0.3) is 0 Å². The number of hydrogen-bond acceptors (Lipinski definition) is 2. The largest absolute Gasteiger partial charge is 0.319 e. The van der Waals surface area contributed by atoms with Gasteiger partial charge in [-0.2, -0.15) is 0 Å². The van der Waals surface area contributed by atoms with Crippen LogP contribution in [0, 0.1) is 6.92 Å². The van der Waals surface area contributed by atoms with Gasteiger partial charge in [0.25, 0.3) is 0 Å². The maximum Gasteiger partial charge on any atom is 0.0664 e. The summed E-state index contributed by atoms with van der Waals surface area (Å²) in [7, 11) is 0. The molecule has 12 heavy (non-hydrogen) atoms. The highest BCUT2D eigenvalue weighted by Crippen LogP contribution is 2.24. The molecule has 1 fully saturated rings. The molecular weight excluding hydrogens is 148 g/mol. The quantitative estimate of drug-likeness (QED) is 0.639. The highest BCUT2D eigenvalue weighted by atomic mass is 15.1. The predicted molar refractivity (Wildman–Crippen MR) is 49.9 cm³/mol. The first-order chi connectivity index (χ1) is 5.72. The van der Waals surface area contributed by atoms with Gasteiger partial charge in [-0.25, -0.2) is 0 Å². The molecule has 1 heterocycles. The molecule has 0 aromatic heterocycles. The van der Waals surface area contributed by atoms with Crippen LogP contribution >= 0.6 is 0 Å². The van der Waals surface area contributed by atoms with Gasteiger partial charge in [0, 0.05) is 13.1 Å². The van der Waals surface area contributed by atoms with E-state index < -0.39 is 0 Å². The topological polar surface area (TPSA) is 38.0 Å². The lowest BCUT2D eigenvalue weighted by Gasteiger charge is -2.40. The Labute approximate surface area is 72.8 Å². The molecule has 0 atom stereocenters. The van der Waals surface area contributed by atoms with Crippen molar-refractivity contribution < 1.29 is 0 Å². The fourth-order valence-corrected chi connectivity index (χ4v) is 1.72. The minimum atomic E-state index is -0.106. The van der Waals surface area contributed by atoms with Crippen molar-refractivity contribution in [3.8, 4) is 0 Å². The smallest absolute Gasteiger partial charge is 0.0664 e. The normalized spacial score (nSPS) is 20.2. The van der Waals surface area contributed by atoms with Gasteiger partial charge in [-0.05, 0) is 18.1 Å². The Bertz CT molecular complexity index is 290. The number of nitrogens with two attached hydrogens (primary N) is 1. The monoisotopic (exact) mass is 162 g/mol. The molecule has 2 rings (SSSR count). The first kappa shape index (κ1) is 7.77. The molecule has 2 heteroatoms. The number of rotatable bonds is 1. The highest BCUT2D eigenvalue weighted by molar-refractivity contribution is 5.35. The second-order valence-corrected chi connectivity index (χ2v) is 3.57. The van der Waals surface area contributed by atoms with Crippen molar-refractivity contribution in [2.75, 3.05) is 13.1 Å². The van der Waals surface area contributed by atoms with E-state index in [1.807, 2.05) is 6.07 Å². The predicted octanol–water partition coefficient (Wildman–Crippen LogP) is 0.752. The molecule has 0 aliphatic carbocycles. The van der Waals surface area contributed by atoms with Crippen molar-refractivity contribution in [3.63, 3.8) is 0 Å². The zero-order valence-corrected chi connectivity index (χ0v) is 7.30. The maximum absolute atomic E-state index is 6.16. The van der Waals surface area contributed by atoms with Gasteiger partial charge in [0.05, 0.1) is 5.54 Å². The fourth-order valence-electron chi connectivity index (χ4n) is 1.72. The highest BCUT2D eigenvalue weighted by Gasteiger charge is 2.34. The molecule has 1 aliphatic rings. The summed E-state index contributed by atoms with van der Waals surface area (Å²) in [6.45, 7) is 3.91. The van der Waals surface area contributed by atoms with Gasteiger partial charge in [-0.3, -0.25) is 0 Å². The van der Waals surface area contributed by atoms with Crippen molar-refractivity contribution in [3.05, 3.63) is 35.4 Å². The molecule has 0 radical (unpaired) electrons. The van der Waals surface area contributed by atoms with Crippen LogP contribution in [0.5, 0.6) is 0 Å². The molecular formula is C10H14N2. The Morgan fingerprint density at radius 1 is 1.33 bits per heavy atom. The van der Waals surface area contributed by atoms with Crippen LogP contribution in [0.4, 0.5) is 0 Å². The first-order valence-corrected chi connectivity index (χ1v) is 4.28. The van der Waals surface area contributed by atoms with E-state index in [2.05, 4.69) is 30.4 Å². The minimum absolute atomic E-state index is 0.106. The van der Waals surface area contributed by atoms with Crippen LogP contribution in [-0.4, -0.2) is 13.1 Å². The summed E-state index contributed by atoms with van der Waals surface area (Å²) in [5, 5.41) is 3.20. The Kier molecular flexibility index (Phi) is 1.67. The van der Waals surface area contributed by atoms with Crippen LogP contribution in [-0.2, 0) is 5.54 Å². The van der Waals surface area contributed by atoms with Crippen molar-refractivity contribution in [2.45, 2.75) is 12.5 Å². The van der Waals surface area contributed by atoms with E-state index in [-0.39, 0.29) is 5.54 Å². The molecule has 1 aromatic carbocycles. The lowest BCUT2D eigenvalue weighted by atomic mass is 9.83. The Hall–Kier alpha value is -0.860. The third kappa shape index (κ3) is 1.04. The molecule has 3 N–H and O–H groups in total. The van der Waals surface area contributed by atoms with E-state index in [4.69, 9.17) is 5.73 Å². The van der Waals surface area contributed by atoms with E-state index in [1.54, 1.807) is 0 Å². The molecule has 0 spiro atoms. The standard InChI is InChI=1S/C10H14N2/c1-8-4-2-3-5-9(8)10(11)6-12-7-10/h2-5,12H,6-7,11H2,1H3. The van der Waals surface area contributed by atoms with Gasteiger partial charge in [0.15, 0.2) is 0 Å². The third-order valence-corrected chi connectivity index (χ3v) is 2.56. The summed E-state index contributed by atoms with van der Waals surface area (Å²) in [4.78, 5) is 0. The lowest BCUT2D eigenvalue weighted by Crippen LogP contribution is -2.63. The van der Waals surface area contributed by atoms with Gasteiger partial charge < -0.3 is 11.1 Å². The molecule has 1 saturated heterocycles. The van der Waals surface area contributed by atoms with Crippen LogP contribution in [0.3, 0.4) is 0 Å². The van der Waals surface area contributed by atoms with Crippen LogP contribution < -0.4 is 11.1 Å². The van der Waals surface area contributed by atoms with E-state index in [0.717, 1.165) is 13.1 Å². The van der Waals surface area contributed by atoms with Crippen molar-refractivity contribution >= 4 is 0 Å². The summed E-state index contributed by atoms with van der Waals surface area (Å²) in [6.07, 6.45) is 0. The van der Waals surface area contributed by atoms with Gasteiger partial charge >= 0.3 is 0 Å². The van der Waals surface area contributed by atoms with Gasteiger partial charge in [0.2, 0.25) is 0 Å². The molecule has 1 aliphatic heterocycles. The zero-order chi connectivity index (χ0) is 8.60. The van der Waals surface area contributed by atoms with E-state index in [1.165, 1.54) is 11.1 Å². The third-order valence-electron chi connectivity index (χ3n) is 2.56. The first-order valence-electron chi connectivity index (χ1n) is 4.28. The molecule has 1 aromatic rings. The van der Waals surface area contributed by atoms with Crippen molar-refractivity contribution in [1.29, 1.82) is 0 Å². The van der Waals surface area contributed by atoms with Gasteiger partial charge in [-0.1, -0.05) is 24.3 Å². The summed E-state index contributed by atoms with van der Waals surface area (Å²) < 4.78 is 0. The van der Waals surface area contributed by atoms with Crippen LogP contribution in [0.15, 0.2) is 24.3 Å². The van der Waals surface area contributed by atoms with E-state index in [9.17, 15) is 0 Å². The lowest BCUT2D eigenvalue weighted by molar-refractivity contribution is 0.286. The molecule has 0 bridgehead atoms. The molecule has 0 amide bonds. The fraction of sp³-hybridized carbons (Fsp3) is 0.400. The van der Waals surface area contributed by atoms with E-state index in [0.29, 0.717) is 0 Å².